The molecule has 0 heterocycles. The van der Waals surface area contributed by atoms with Gasteiger partial charge in [-0.15, -0.1) is 0 Å². The molecular formula is C15H18O5. The van der Waals surface area contributed by atoms with E-state index in [0.717, 1.165) is 5.56 Å². The van der Waals surface area contributed by atoms with Crippen molar-refractivity contribution in [1.82, 2.24) is 0 Å². The van der Waals surface area contributed by atoms with Crippen LogP contribution in [0.1, 0.15) is 25.3 Å². The van der Waals surface area contributed by atoms with E-state index in [1.807, 2.05) is 30.3 Å². The Bertz CT molecular complexity index is 453. The fourth-order valence-corrected chi connectivity index (χ4v) is 1.51. The summed E-state index contributed by atoms with van der Waals surface area (Å²) in [5.41, 5.74) is 0.998. The van der Waals surface area contributed by atoms with Crippen molar-refractivity contribution in [2.75, 3.05) is 13.2 Å². The number of carbonyl (C=O) groups excluding carboxylic acids is 3. The molecule has 0 saturated heterocycles. The van der Waals surface area contributed by atoms with Crippen molar-refractivity contribution in [3.05, 3.63) is 35.9 Å². The summed E-state index contributed by atoms with van der Waals surface area (Å²) < 4.78 is 9.91. The molecule has 0 fully saturated rings. The van der Waals surface area contributed by atoms with Gasteiger partial charge in [0.25, 0.3) is 0 Å². The maximum absolute atomic E-state index is 11.5. The minimum atomic E-state index is -0.730. The zero-order chi connectivity index (χ0) is 14.8. The first-order valence-electron chi connectivity index (χ1n) is 6.46. The maximum Gasteiger partial charge on any atom is 0.313 e. The molecule has 0 saturated carbocycles. The monoisotopic (exact) mass is 278 g/mol. The summed E-state index contributed by atoms with van der Waals surface area (Å²) in [6.07, 6.45) is -0.517. The molecule has 1 aromatic carbocycles. The fraction of sp³-hybridized carbons (Fsp3) is 0.400. The minimum absolute atomic E-state index is 0.0227. The first-order chi connectivity index (χ1) is 9.63. The molecule has 5 nitrogen and oxygen atoms in total. The lowest BCUT2D eigenvalue weighted by molar-refractivity contribution is -0.148. The molecule has 0 aliphatic carbocycles. The molecule has 0 unspecified atom stereocenters. The second-order valence-electron chi connectivity index (χ2n) is 4.12. The Morgan fingerprint density at radius 3 is 2.40 bits per heavy atom. The molecule has 5 heteroatoms. The van der Waals surface area contributed by atoms with Crippen molar-refractivity contribution in [3.8, 4) is 0 Å². The van der Waals surface area contributed by atoms with Crippen LogP contribution in [0.15, 0.2) is 30.3 Å². The van der Waals surface area contributed by atoms with Gasteiger partial charge in [-0.1, -0.05) is 30.3 Å². The minimum Gasteiger partial charge on any atom is -0.466 e. The number of esters is 1. The van der Waals surface area contributed by atoms with Gasteiger partial charge in [0.1, 0.15) is 6.42 Å². The van der Waals surface area contributed by atoms with Gasteiger partial charge in [0.15, 0.2) is 0 Å². The van der Waals surface area contributed by atoms with E-state index >= 15 is 0 Å². The highest BCUT2D eigenvalue weighted by molar-refractivity contribution is 6.39. The summed E-state index contributed by atoms with van der Waals surface area (Å²) >= 11 is 0. The Kier molecular flexibility index (Phi) is 7.21. The van der Waals surface area contributed by atoms with E-state index in [9.17, 15) is 14.4 Å². The zero-order valence-electron chi connectivity index (χ0n) is 11.5. The van der Waals surface area contributed by atoms with Crippen LogP contribution >= 0.6 is 0 Å². The molecule has 0 amide bonds. The summed E-state index contributed by atoms with van der Waals surface area (Å²) in [6, 6.07) is 9.52. The molecule has 1 rings (SSSR count). The Balaban J connectivity index is 2.19. The van der Waals surface area contributed by atoms with Crippen LogP contribution in [0.2, 0.25) is 0 Å². The molecule has 0 aromatic heterocycles. The second-order valence-corrected chi connectivity index (χ2v) is 4.12. The average molecular weight is 278 g/mol. The van der Waals surface area contributed by atoms with Gasteiger partial charge in [-0.3, -0.25) is 14.4 Å². The predicted octanol–water partition coefficient (Wildman–Crippen LogP) is 1.68. The van der Waals surface area contributed by atoms with E-state index in [1.54, 1.807) is 6.92 Å². The van der Waals surface area contributed by atoms with E-state index in [0.29, 0.717) is 6.61 Å². The third-order valence-corrected chi connectivity index (χ3v) is 2.51. The standard InChI is InChI=1S/C15H18O5/c1-2-20-15(18)10-14(17)13(16)8-9-19-11-12-6-4-3-5-7-12/h3-7H,2,8-11H2,1H3. The molecule has 0 N–H and O–H groups in total. The van der Waals surface area contributed by atoms with E-state index in [-0.39, 0.29) is 19.6 Å². The normalized spacial score (nSPS) is 10.1. The molecule has 0 bridgehead atoms. The first kappa shape index (κ1) is 16.0. The van der Waals surface area contributed by atoms with Gasteiger partial charge in [-0.25, -0.2) is 0 Å². The number of ketones is 2. The number of rotatable bonds is 9. The SMILES string of the molecule is CCOC(=O)CC(=O)C(=O)CCOCc1ccccc1. The van der Waals surface area contributed by atoms with Gasteiger partial charge in [0.2, 0.25) is 11.6 Å². The van der Waals surface area contributed by atoms with Crippen LogP contribution in [-0.2, 0) is 30.5 Å². The van der Waals surface area contributed by atoms with Crippen LogP contribution in [0.5, 0.6) is 0 Å². The Hall–Kier alpha value is -2.01. The summed E-state index contributed by atoms with van der Waals surface area (Å²) in [5.74, 6) is -2.01. The first-order valence-corrected chi connectivity index (χ1v) is 6.46. The van der Waals surface area contributed by atoms with Gasteiger partial charge in [0, 0.05) is 6.42 Å². The Morgan fingerprint density at radius 1 is 1.05 bits per heavy atom. The Morgan fingerprint density at radius 2 is 1.75 bits per heavy atom. The maximum atomic E-state index is 11.5. The zero-order valence-corrected chi connectivity index (χ0v) is 11.5. The number of Topliss-reactive ketones (excluding diaryl/α,β-unsaturated/α-hetero) is 2. The highest BCUT2D eigenvalue weighted by Gasteiger charge is 2.18. The molecular weight excluding hydrogens is 260 g/mol. The van der Waals surface area contributed by atoms with Gasteiger partial charge in [-0.05, 0) is 12.5 Å². The van der Waals surface area contributed by atoms with Crippen molar-refractivity contribution in [3.63, 3.8) is 0 Å². The summed E-state index contributed by atoms with van der Waals surface area (Å²) in [6.45, 7) is 2.38. The highest BCUT2D eigenvalue weighted by atomic mass is 16.5. The predicted molar refractivity (Wildman–Crippen MR) is 72.0 cm³/mol. The fourth-order valence-electron chi connectivity index (χ4n) is 1.51. The third-order valence-electron chi connectivity index (χ3n) is 2.51. The molecule has 0 aliphatic heterocycles. The van der Waals surface area contributed by atoms with E-state index < -0.39 is 24.0 Å². The van der Waals surface area contributed by atoms with Gasteiger partial charge < -0.3 is 9.47 Å². The number of hydrogen-bond acceptors (Lipinski definition) is 5. The number of hydrogen-bond donors (Lipinski definition) is 0. The molecule has 0 radical (unpaired) electrons. The topological polar surface area (TPSA) is 69.7 Å². The highest BCUT2D eigenvalue weighted by Crippen LogP contribution is 2.01. The molecule has 0 atom stereocenters. The van der Waals surface area contributed by atoms with Crippen molar-refractivity contribution < 1.29 is 23.9 Å². The van der Waals surface area contributed by atoms with Crippen molar-refractivity contribution >= 4 is 17.5 Å². The summed E-state index contributed by atoms with van der Waals surface area (Å²) in [5, 5.41) is 0. The molecule has 1 aromatic rings. The number of carbonyl (C=O) groups is 3. The van der Waals surface area contributed by atoms with Crippen LogP contribution in [0, 0.1) is 0 Å². The molecule has 0 aliphatic rings. The molecule has 108 valence electrons. The lowest BCUT2D eigenvalue weighted by Gasteiger charge is -2.04. The van der Waals surface area contributed by atoms with E-state index in [2.05, 4.69) is 4.74 Å². The van der Waals surface area contributed by atoms with Gasteiger partial charge >= 0.3 is 5.97 Å². The lowest BCUT2D eigenvalue weighted by atomic mass is 10.1. The van der Waals surface area contributed by atoms with Crippen LogP contribution in [-0.4, -0.2) is 30.7 Å². The second kappa shape index (κ2) is 8.98. The van der Waals surface area contributed by atoms with E-state index in [4.69, 9.17) is 4.74 Å². The number of ether oxygens (including phenoxy) is 2. The van der Waals surface area contributed by atoms with Crippen LogP contribution in [0.3, 0.4) is 0 Å². The smallest absolute Gasteiger partial charge is 0.313 e. The molecule has 0 spiro atoms. The van der Waals surface area contributed by atoms with Crippen molar-refractivity contribution in [2.45, 2.75) is 26.4 Å². The average Bonchev–Trinajstić information content (AvgIpc) is 2.44. The largest absolute Gasteiger partial charge is 0.466 e. The Labute approximate surface area is 117 Å². The van der Waals surface area contributed by atoms with Crippen LogP contribution in [0.25, 0.3) is 0 Å². The molecule has 20 heavy (non-hydrogen) atoms. The van der Waals surface area contributed by atoms with Crippen molar-refractivity contribution in [1.29, 1.82) is 0 Å². The quantitative estimate of drug-likeness (QED) is 0.297. The van der Waals surface area contributed by atoms with Crippen LogP contribution in [0.4, 0.5) is 0 Å². The summed E-state index contributed by atoms with van der Waals surface area (Å²) in [7, 11) is 0. The van der Waals surface area contributed by atoms with E-state index in [1.165, 1.54) is 0 Å². The van der Waals surface area contributed by atoms with Crippen molar-refractivity contribution in [2.24, 2.45) is 0 Å². The summed E-state index contributed by atoms with van der Waals surface area (Å²) in [4.78, 5) is 33.9. The number of benzene rings is 1. The van der Waals surface area contributed by atoms with Gasteiger partial charge in [-0.2, -0.15) is 0 Å². The lowest BCUT2D eigenvalue weighted by Crippen LogP contribution is -2.20. The van der Waals surface area contributed by atoms with Gasteiger partial charge in [0.05, 0.1) is 19.8 Å². The van der Waals surface area contributed by atoms with Crippen LogP contribution < -0.4 is 0 Å². The third kappa shape index (κ3) is 6.24.